The smallest absolute Gasteiger partial charge is 0.339 e. The Hall–Kier alpha value is -1.83. The number of ether oxygens (including phenoxy) is 1. The highest BCUT2D eigenvalue weighted by Gasteiger charge is 2.16. The maximum atomic E-state index is 11.2. The number of hydrogen-bond acceptors (Lipinski definition) is 6. The van der Waals surface area contributed by atoms with E-state index in [-0.39, 0.29) is 10.9 Å². The molecule has 0 saturated heterocycles. The Morgan fingerprint density at radius 3 is 2.92 bits per heavy atom. The van der Waals surface area contributed by atoms with E-state index in [1.807, 2.05) is 24.5 Å². The lowest BCUT2D eigenvalue weighted by Gasteiger charge is -2.17. The van der Waals surface area contributed by atoms with Crippen LogP contribution < -0.4 is 10.1 Å². The van der Waals surface area contributed by atoms with Crippen molar-refractivity contribution in [2.45, 2.75) is 18.3 Å². The third-order valence-electron chi connectivity index (χ3n) is 3.44. The lowest BCUT2D eigenvalue weighted by Crippen LogP contribution is -2.28. The van der Waals surface area contributed by atoms with E-state index in [4.69, 9.17) is 16.3 Å². The van der Waals surface area contributed by atoms with Crippen LogP contribution in [0.5, 0.6) is 5.75 Å². The molecule has 0 aliphatic rings. The van der Waals surface area contributed by atoms with Crippen LogP contribution in [0.1, 0.15) is 21.6 Å². The molecule has 2 rings (SSSR count). The molecule has 0 bridgehead atoms. The monoisotopic (exact) mass is 367 g/mol. The average Bonchev–Trinajstić information content (AvgIpc) is 2.58. The predicted molar refractivity (Wildman–Crippen MR) is 94.8 cm³/mol. The lowest BCUT2D eigenvalue weighted by atomic mass is 10.1. The number of carbonyl (C=O) groups is 1. The first-order valence-electron chi connectivity index (χ1n) is 7.16. The van der Waals surface area contributed by atoms with Crippen molar-refractivity contribution in [2.75, 3.05) is 13.4 Å². The summed E-state index contributed by atoms with van der Waals surface area (Å²) in [7, 11) is 1.57. The Balaban J connectivity index is 2.03. The fourth-order valence-corrected chi connectivity index (χ4v) is 3.02. The first kappa shape index (κ1) is 18.5. The van der Waals surface area contributed by atoms with Crippen LogP contribution in [0.2, 0.25) is 5.02 Å². The fourth-order valence-electron chi connectivity index (χ4n) is 2.16. The van der Waals surface area contributed by atoms with Crippen LogP contribution in [0.25, 0.3) is 0 Å². The van der Waals surface area contributed by atoms with Crippen LogP contribution in [-0.4, -0.2) is 39.8 Å². The Morgan fingerprint density at radius 2 is 2.29 bits per heavy atom. The van der Waals surface area contributed by atoms with Crippen molar-refractivity contribution in [1.82, 2.24) is 15.3 Å². The van der Waals surface area contributed by atoms with E-state index in [1.54, 1.807) is 18.9 Å². The first-order chi connectivity index (χ1) is 11.5. The molecule has 0 aliphatic heterocycles. The summed E-state index contributed by atoms with van der Waals surface area (Å²) in [6.45, 7) is 0.600. The Morgan fingerprint density at radius 1 is 1.50 bits per heavy atom. The minimum absolute atomic E-state index is 0.0128. The number of nitrogens with one attached hydrogen (secondary N) is 1. The van der Waals surface area contributed by atoms with E-state index in [2.05, 4.69) is 15.3 Å². The third-order valence-corrected chi connectivity index (χ3v) is 4.64. The Labute approximate surface area is 149 Å². The molecule has 0 radical (unpaired) electrons. The molecule has 24 heavy (non-hydrogen) atoms. The van der Waals surface area contributed by atoms with Crippen LogP contribution in [0.15, 0.2) is 30.7 Å². The SMILES string of the molecule is COc1ccc(CNC(Cc2ncncc2C(=O)O)SC)cc1Cl. The Kier molecular flexibility index (Phi) is 6.84. The quantitative estimate of drug-likeness (QED) is 0.694. The van der Waals surface area contributed by atoms with E-state index in [0.717, 1.165) is 5.56 Å². The maximum absolute atomic E-state index is 11.2. The molecule has 2 N–H and O–H groups in total. The molecule has 1 aromatic carbocycles. The molecule has 6 nitrogen and oxygen atoms in total. The van der Waals surface area contributed by atoms with E-state index in [0.29, 0.717) is 29.4 Å². The van der Waals surface area contributed by atoms with Gasteiger partial charge in [-0.2, -0.15) is 0 Å². The van der Waals surface area contributed by atoms with E-state index in [9.17, 15) is 9.90 Å². The maximum Gasteiger partial charge on any atom is 0.339 e. The number of hydrogen-bond donors (Lipinski definition) is 2. The average molecular weight is 368 g/mol. The number of aromatic nitrogens is 2. The van der Waals surface area contributed by atoms with Gasteiger partial charge in [0, 0.05) is 19.2 Å². The standard InChI is InChI=1S/C16H18ClN3O3S/c1-23-14-4-3-10(5-12(14)17)7-19-15(24-2)6-13-11(16(21)22)8-18-9-20-13/h3-5,8-9,15,19H,6-7H2,1-2H3,(H,21,22). The van der Waals surface area contributed by atoms with Crippen LogP contribution in [0.3, 0.4) is 0 Å². The van der Waals surface area contributed by atoms with Crippen molar-refractivity contribution in [1.29, 1.82) is 0 Å². The van der Waals surface area contributed by atoms with Gasteiger partial charge in [0.15, 0.2) is 0 Å². The first-order valence-corrected chi connectivity index (χ1v) is 8.82. The lowest BCUT2D eigenvalue weighted by molar-refractivity contribution is 0.0694. The molecular weight excluding hydrogens is 350 g/mol. The van der Waals surface area contributed by atoms with Crippen LogP contribution in [0, 0.1) is 0 Å². The second-order valence-electron chi connectivity index (χ2n) is 4.97. The highest BCUT2D eigenvalue weighted by atomic mass is 35.5. The van der Waals surface area contributed by atoms with Gasteiger partial charge in [0.2, 0.25) is 0 Å². The van der Waals surface area contributed by atoms with Crippen molar-refractivity contribution in [3.63, 3.8) is 0 Å². The van der Waals surface area contributed by atoms with Gasteiger partial charge in [-0.1, -0.05) is 17.7 Å². The number of halogens is 1. The van der Waals surface area contributed by atoms with Gasteiger partial charge in [-0.3, -0.25) is 0 Å². The highest BCUT2D eigenvalue weighted by molar-refractivity contribution is 7.99. The van der Waals surface area contributed by atoms with Gasteiger partial charge in [0.05, 0.1) is 28.8 Å². The van der Waals surface area contributed by atoms with E-state index in [1.165, 1.54) is 12.5 Å². The van der Waals surface area contributed by atoms with Gasteiger partial charge in [0.1, 0.15) is 12.1 Å². The molecule has 0 saturated carbocycles. The van der Waals surface area contributed by atoms with Crippen molar-refractivity contribution < 1.29 is 14.6 Å². The highest BCUT2D eigenvalue weighted by Crippen LogP contribution is 2.25. The topological polar surface area (TPSA) is 84.3 Å². The third kappa shape index (κ3) is 4.83. The zero-order valence-electron chi connectivity index (χ0n) is 13.3. The largest absolute Gasteiger partial charge is 0.495 e. The molecule has 0 aliphatic carbocycles. The normalized spacial score (nSPS) is 12.0. The number of aromatic carboxylic acids is 1. The minimum atomic E-state index is -1.02. The number of carboxylic acid groups (broad SMARTS) is 1. The summed E-state index contributed by atoms with van der Waals surface area (Å²) >= 11 is 7.72. The molecule has 0 amide bonds. The van der Waals surface area contributed by atoms with Crippen molar-refractivity contribution >= 4 is 29.3 Å². The van der Waals surface area contributed by atoms with Crippen molar-refractivity contribution in [3.05, 3.63) is 52.6 Å². The predicted octanol–water partition coefficient (Wildman–Crippen LogP) is 2.86. The number of carboxylic acids is 1. The fraction of sp³-hybridized carbons (Fsp3) is 0.312. The number of methoxy groups -OCH3 is 1. The molecule has 0 spiro atoms. The van der Waals surface area contributed by atoms with E-state index >= 15 is 0 Å². The molecule has 1 aromatic heterocycles. The zero-order valence-corrected chi connectivity index (χ0v) is 14.9. The van der Waals surface area contributed by atoms with E-state index < -0.39 is 5.97 Å². The van der Waals surface area contributed by atoms with Crippen LogP contribution in [-0.2, 0) is 13.0 Å². The summed E-state index contributed by atoms with van der Waals surface area (Å²) in [5.74, 6) is -0.388. The van der Waals surface area contributed by atoms with Crippen LogP contribution in [0.4, 0.5) is 0 Å². The summed E-state index contributed by atoms with van der Waals surface area (Å²) in [4.78, 5) is 19.1. The number of rotatable bonds is 8. The van der Waals surface area contributed by atoms with Gasteiger partial charge in [-0.15, -0.1) is 11.8 Å². The molecule has 0 fully saturated rings. The molecule has 128 valence electrons. The minimum Gasteiger partial charge on any atom is -0.495 e. The summed E-state index contributed by atoms with van der Waals surface area (Å²) in [6.07, 6.45) is 5.13. The summed E-state index contributed by atoms with van der Waals surface area (Å²) < 4.78 is 5.14. The summed E-state index contributed by atoms with van der Waals surface area (Å²) in [5, 5.41) is 13.2. The number of thioether (sulfide) groups is 1. The molecule has 2 aromatic rings. The molecular formula is C16H18ClN3O3S. The van der Waals surface area contributed by atoms with Gasteiger partial charge in [-0.05, 0) is 24.0 Å². The van der Waals surface area contributed by atoms with Gasteiger partial charge < -0.3 is 15.2 Å². The second-order valence-corrected chi connectivity index (χ2v) is 6.41. The van der Waals surface area contributed by atoms with Crippen LogP contribution >= 0.6 is 23.4 Å². The Bertz CT molecular complexity index is 715. The van der Waals surface area contributed by atoms with Gasteiger partial charge in [-0.25, -0.2) is 14.8 Å². The zero-order chi connectivity index (χ0) is 17.5. The van der Waals surface area contributed by atoms with Gasteiger partial charge >= 0.3 is 5.97 Å². The summed E-state index contributed by atoms with van der Waals surface area (Å²) in [5.41, 5.74) is 1.66. The van der Waals surface area contributed by atoms with Crippen molar-refractivity contribution in [3.8, 4) is 5.75 Å². The number of nitrogens with zero attached hydrogens (tertiary/aromatic N) is 2. The van der Waals surface area contributed by atoms with Crippen molar-refractivity contribution in [2.24, 2.45) is 0 Å². The molecule has 1 unspecified atom stereocenters. The molecule has 8 heteroatoms. The second kappa shape index (κ2) is 8.86. The van der Waals surface area contributed by atoms with Gasteiger partial charge in [0.25, 0.3) is 0 Å². The molecule has 1 heterocycles. The number of benzene rings is 1. The summed E-state index contributed by atoms with van der Waals surface area (Å²) in [6, 6.07) is 5.60. The molecule has 1 atom stereocenters.